The molecule has 0 saturated carbocycles. The van der Waals surface area contributed by atoms with Gasteiger partial charge in [-0.2, -0.15) is 0 Å². The largest absolute Gasteiger partial charge is 0.409 e. The Morgan fingerprint density at radius 1 is 1.30 bits per heavy atom. The SMILES string of the molecule is NC(=NO)C(CSc1ncccc1Cl)c1ccccc1. The van der Waals surface area contributed by atoms with Crippen molar-refractivity contribution in [1.82, 2.24) is 4.98 Å². The molecule has 0 amide bonds. The topological polar surface area (TPSA) is 71.5 Å². The molecule has 0 spiro atoms. The summed E-state index contributed by atoms with van der Waals surface area (Å²) in [6.45, 7) is 0. The van der Waals surface area contributed by atoms with Crippen LogP contribution in [0.2, 0.25) is 5.02 Å². The van der Waals surface area contributed by atoms with Crippen LogP contribution < -0.4 is 5.73 Å². The molecular weight excluding hydrogens is 294 g/mol. The highest BCUT2D eigenvalue weighted by molar-refractivity contribution is 7.99. The fourth-order valence-corrected chi connectivity index (χ4v) is 3.06. The maximum atomic E-state index is 8.93. The van der Waals surface area contributed by atoms with E-state index in [-0.39, 0.29) is 11.8 Å². The lowest BCUT2D eigenvalue weighted by atomic mass is 10.0. The highest BCUT2D eigenvalue weighted by Crippen LogP contribution is 2.29. The molecule has 0 aliphatic carbocycles. The van der Waals surface area contributed by atoms with Gasteiger partial charge in [0.2, 0.25) is 0 Å². The predicted octanol–water partition coefficient (Wildman–Crippen LogP) is 3.36. The Kier molecular flexibility index (Phi) is 5.26. The Labute approximate surface area is 126 Å². The summed E-state index contributed by atoms with van der Waals surface area (Å²) >= 11 is 7.55. The van der Waals surface area contributed by atoms with Crippen molar-refractivity contribution in [2.45, 2.75) is 10.9 Å². The molecular formula is C14H14ClN3OS. The van der Waals surface area contributed by atoms with E-state index in [0.29, 0.717) is 10.8 Å². The summed E-state index contributed by atoms with van der Waals surface area (Å²) < 4.78 is 0. The standard InChI is InChI=1S/C14H14ClN3OS/c15-12-7-4-8-17-14(12)20-9-11(13(16)18-19)10-5-2-1-3-6-10/h1-8,11,19H,9H2,(H2,16,18). The van der Waals surface area contributed by atoms with Gasteiger partial charge in [0.1, 0.15) is 10.9 Å². The van der Waals surface area contributed by atoms with Crippen LogP contribution in [-0.2, 0) is 0 Å². The lowest BCUT2D eigenvalue weighted by molar-refractivity contribution is 0.316. The Morgan fingerprint density at radius 3 is 2.70 bits per heavy atom. The van der Waals surface area contributed by atoms with Gasteiger partial charge in [-0.3, -0.25) is 0 Å². The van der Waals surface area contributed by atoms with E-state index in [2.05, 4.69) is 10.1 Å². The van der Waals surface area contributed by atoms with E-state index in [1.807, 2.05) is 30.3 Å². The average molecular weight is 308 g/mol. The number of oxime groups is 1. The molecule has 3 N–H and O–H groups in total. The number of rotatable bonds is 5. The van der Waals surface area contributed by atoms with Crippen LogP contribution in [0.3, 0.4) is 0 Å². The maximum Gasteiger partial charge on any atom is 0.147 e. The second-order valence-electron chi connectivity index (χ2n) is 4.09. The molecule has 6 heteroatoms. The molecule has 20 heavy (non-hydrogen) atoms. The van der Waals surface area contributed by atoms with Gasteiger partial charge in [-0.25, -0.2) is 4.98 Å². The lowest BCUT2D eigenvalue weighted by Gasteiger charge is -2.15. The van der Waals surface area contributed by atoms with Crippen molar-refractivity contribution in [2.24, 2.45) is 10.9 Å². The molecule has 0 radical (unpaired) electrons. The minimum atomic E-state index is -0.190. The third-order valence-corrected chi connectivity index (χ3v) is 4.30. The van der Waals surface area contributed by atoms with Crippen molar-refractivity contribution in [1.29, 1.82) is 0 Å². The maximum absolute atomic E-state index is 8.93. The Bertz CT molecular complexity index is 592. The fraction of sp³-hybridized carbons (Fsp3) is 0.143. The summed E-state index contributed by atoms with van der Waals surface area (Å²) in [5, 5.41) is 13.4. The number of benzene rings is 1. The zero-order valence-electron chi connectivity index (χ0n) is 10.6. The normalized spacial score (nSPS) is 13.2. The number of hydrogen-bond acceptors (Lipinski definition) is 4. The number of nitrogens with two attached hydrogens (primary N) is 1. The number of hydrogen-bond donors (Lipinski definition) is 2. The summed E-state index contributed by atoms with van der Waals surface area (Å²) in [5.74, 6) is 0.580. The molecule has 4 nitrogen and oxygen atoms in total. The number of thioether (sulfide) groups is 1. The van der Waals surface area contributed by atoms with Crippen molar-refractivity contribution in [3.63, 3.8) is 0 Å². The minimum Gasteiger partial charge on any atom is -0.409 e. The smallest absolute Gasteiger partial charge is 0.147 e. The van der Waals surface area contributed by atoms with Crippen LogP contribution in [0.5, 0.6) is 0 Å². The summed E-state index contributed by atoms with van der Waals surface area (Å²) in [4.78, 5) is 4.22. The number of halogens is 1. The van der Waals surface area contributed by atoms with E-state index < -0.39 is 0 Å². The van der Waals surface area contributed by atoms with Crippen molar-refractivity contribution in [3.8, 4) is 0 Å². The van der Waals surface area contributed by atoms with Crippen LogP contribution >= 0.6 is 23.4 Å². The summed E-state index contributed by atoms with van der Waals surface area (Å²) in [7, 11) is 0. The van der Waals surface area contributed by atoms with Crippen LogP contribution in [0.4, 0.5) is 0 Å². The minimum absolute atomic E-state index is 0.177. The zero-order valence-corrected chi connectivity index (χ0v) is 12.2. The molecule has 1 heterocycles. The first kappa shape index (κ1) is 14.7. The number of pyridine rings is 1. The highest BCUT2D eigenvalue weighted by Gasteiger charge is 2.17. The molecule has 2 aromatic rings. The molecule has 104 valence electrons. The molecule has 0 saturated heterocycles. The highest BCUT2D eigenvalue weighted by atomic mass is 35.5. The Balaban J connectivity index is 2.16. The van der Waals surface area contributed by atoms with Crippen LogP contribution in [0.25, 0.3) is 0 Å². The van der Waals surface area contributed by atoms with Gasteiger partial charge in [0, 0.05) is 11.9 Å². The first-order valence-electron chi connectivity index (χ1n) is 5.98. The molecule has 0 fully saturated rings. The molecule has 1 aromatic heterocycles. The summed E-state index contributed by atoms with van der Waals surface area (Å²) in [5.41, 5.74) is 6.77. The molecule has 0 aliphatic heterocycles. The van der Waals surface area contributed by atoms with Gasteiger partial charge in [0.15, 0.2) is 0 Å². The first-order valence-corrected chi connectivity index (χ1v) is 7.34. The zero-order chi connectivity index (χ0) is 14.4. The third-order valence-electron chi connectivity index (χ3n) is 2.79. The predicted molar refractivity (Wildman–Crippen MR) is 82.6 cm³/mol. The molecule has 1 atom stereocenters. The second-order valence-corrected chi connectivity index (χ2v) is 5.51. The second kappa shape index (κ2) is 7.17. The van der Waals surface area contributed by atoms with Crippen molar-refractivity contribution in [3.05, 3.63) is 59.2 Å². The lowest BCUT2D eigenvalue weighted by Crippen LogP contribution is -2.24. The van der Waals surface area contributed by atoms with Gasteiger partial charge in [0.05, 0.1) is 10.9 Å². The van der Waals surface area contributed by atoms with Crippen molar-refractivity contribution in [2.75, 3.05) is 5.75 Å². The van der Waals surface area contributed by atoms with Crippen LogP contribution in [0, 0.1) is 0 Å². The van der Waals surface area contributed by atoms with E-state index in [4.69, 9.17) is 22.5 Å². The molecule has 0 aliphatic rings. The van der Waals surface area contributed by atoms with Gasteiger partial charge in [0.25, 0.3) is 0 Å². The van der Waals surface area contributed by atoms with Crippen molar-refractivity contribution < 1.29 is 5.21 Å². The van der Waals surface area contributed by atoms with Crippen LogP contribution in [-0.4, -0.2) is 21.8 Å². The number of nitrogens with zero attached hydrogens (tertiary/aromatic N) is 2. The van der Waals surface area contributed by atoms with E-state index in [1.54, 1.807) is 18.3 Å². The van der Waals surface area contributed by atoms with E-state index in [0.717, 1.165) is 10.6 Å². The quantitative estimate of drug-likeness (QED) is 0.292. The van der Waals surface area contributed by atoms with Gasteiger partial charge < -0.3 is 10.9 Å². The summed E-state index contributed by atoms with van der Waals surface area (Å²) in [6, 6.07) is 13.2. The fourth-order valence-electron chi connectivity index (χ4n) is 1.75. The molecule has 2 rings (SSSR count). The van der Waals surface area contributed by atoms with Gasteiger partial charge in [-0.05, 0) is 17.7 Å². The van der Waals surface area contributed by atoms with E-state index >= 15 is 0 Å². The van der Waals surface area contributed by atoms with Gasteiger partial charge >= 0.3 is 0 Å². The van der Waals surface area contributed by atoms with Crippen LogP contribution in [0.1, 0.15) is 11.5 Å². The number of amidine groups is 1. The molecule has 1 unspecified atom stereocenters. The molecule has 0 bridgehead atoms. The van der Waals surface area contributed by atoms with E-state index in [9.17, 15) is 0 Å². The van der Waals surface area contributed by atoms with Crippen LogP contribution in [0.15, 0.2) is 58.8 Å². The van der Waals surface area contributed by atoms with Gasteiger partial charge in [-0.15, -0.1) is 11.8 Å². The molecule has 1 aromatic carbocycles. The van der Waals surface area contributed by atoms with Crippen molar-refractivity contribution >= 4 is 29.2 Å². The Hall–Kier alpha value is -1.72. The van der Waals surface area contributed by atoms with Gasteiger partial charge in [-0.1, -0.05) is 47.1 Å². The average Bonchev–Trinajstić information content (AvgIpc) is 2.50. The Morgan fingerprint density at radius 2 is 2.05 bits per heavy atom. The number of aromatic nitrogens is 1. The van der Waals surface area contributed by atoms with E-state index in [1.165, 1.54) is 11.8 Å². The monoisotopic (exact) mass is 307 g/mol. The third kappa shape index (κ3) is 3.65. The summed E-state index contributed by atoms with van der Waals surface area (Å²) in [6.07, 6.45) is 1.69. The first-order chi connectivity index (χ1) is 9.72.